The van der Waals surface area contributed by atoms with Crippen LogP contribution in [0.2, 0.25) is 0 Å². The van der Waals surface area contributed by atoms with Crippen molar-refractivity contribution >= 4 is 23.4 Å². The van der Waals surface area contributed by atoms with Gasteiger partial charge in [-0.15, -0.1) is 11.6 Å². The third kappa shape index (κ3) is 8.64. The molecule has 0 N–H and O–H groups in total. The van der Waals surface area contributed by atoms with E-state index in [0.29, 0.717) is 5.38 Å². The van der Waals surface area contributed by atoms with E-state index in [-0.39, 0.29) is 0 Å². The zero-order valence-corrected chi connectivity index (χ0v) is 7.76. The summed E-state index contributed by atoms with van der Waals surface area (Å²) < 4.78 is 0. The second-order valence-corrected chi connectivity index (χ2v) is 4.00. The molecule has 0 nitrogen and oxygen atoms in total. The van der Waals surface area contributed by atoms with Gasteiger partial charge in [-0.25, -0.2) is 0 Å². The molecule has 56 valence electrons. The lowest BCUT2D eigenvalue weighted by atomic mass is 10.2. The van der Waals surface area contributed by atoms with E-state index >= 15 is 0 Å². The van der Waals surface area contributed by atoms with Gasteiger partial charge in [0.05, 0.1) is 0 Å². The van der Waals surface area contributed by atoms with E-state index in [2.05, 4.69) is 13.2 Å². The Hall–Kier alpha value is 0.640. The van der Waals surface area contributed by atoms with E-state index in [9.17, 15) is 0 Å². The monoisotopic (exact) mass is 166 g/mol. The molecule has 0 saturated carbocycles. The SMILES string of the molecule is CSCCCCC(C)Cl. The van der Waals surface area contributed by atoms with Gasteiger partial charge in [-0.3, -0.25) is 0 Å². The minimum Gasteiger partial charge on any atom is -0.165 e. The zero-order valence-electron chi connectivity index (χ0n) is 6.19. The van der Waals surface area contributed by atoms with Crippen LogP contribution in [-0.2, 0) is 0 Å². The molecule has 0 saturated heterocycles. The molecule has 0 heterocycles. The number of unbranched alkanes of at least 4 members (excludes halogenated alkanes) is 1. The number of alkyl halides is 1. The largest absolute Gasteiger partial charge is 0.165 e. The maximum absolute atomic E-state index is 5.75. The number of thioether (sulfide) groups is 1. The second-order valence-electron chi connectivity index (χ2n) is 2.27. The Morgan fingerprint density at radius 2 is 2.11 bits per heavy atom. The molecular formula is C7H15ClS. The van der Waals surface area contributed by atoms with Crippen LogP contribution in [0.25, 0.3) is 0 Å². The molecule has 0 rings (SSSR count). The van der Waals surface area contributed by atoms with E-state index in [1.807, 2.05) is 11.8 Å². The summed E-state index contributed by atoms with van der Waals surface area (Å²) in [6.07, 6.45) is 5.91. The van der Waals surface area contributed by atoms with E-state index in [4.69, 9.17) is 11.6 Å². The summed E-state index contributed by atoms with van der Waals surface area (Å²) in [5.74, 6) is 1.28. The van der Waals surface area contributed by atoms with Gasteiger partial charge in [0.15, 0.2) is 0 Å². The summed E-state index contributed by atoms with van der Waals surface area (Å²) in [5, 5.41) is 0.367. The molecule has 0 aliphatic carbocycles. The van der Waals surface area contributed by atoms with Crippen LogP contribution in [-0.4, -0.2) is 17.4 Å². The molecule has 0 bridgehead atoms. The Balaban J connectivity index is 2.75. The first-order valence-corrected chi connectivity index (χ1v) is 5.23. The topological polar surface area (TPSA) is 0 Å². The van der Waals surface area contributed by atoms with Gasteiger partial charge in [0.2, 0.25) is 0 Å². The van der Waals surface area contributed by atoms with Crippen LogP contribution < -0.4 is 0 Å². The highest BCUT2D eigenvalue weighted by Gasteiger charge is 1.94. The normalized spacial score (nSPS) is 13.7. The number of hydrogen-bond acceptors (Lipinski definition) is 1. The van der Waals surface area contributed by atoms with Crippen molar-refractivity contribution in [2.75, 3.05) is 12.0 Å². The summed E-state index contributed by atoms with van der Waals surface area (Å²) in [5.41, 5.74) is 0. The van der Waals surface area contributed by atoms with Gasteiger partial charge >= 0.3 is 0 Å². The molecular weight excluding hydrogens is 152 g/mol. The number of halogens is 1. The molecule has 0 aromatic carbocycles. The summed E-state index contributed by atoms with van der Waals surface area (Å²) in [6.45, 7) is 2.06. The van der Waals surface area contributed by atoms with Crippen LogP contribution in [0.4, 0.5) is 0 Å². The lowest BCUT2D eigenvalue weighted by molar-refractivity contribution is 0.713. The Morgan fingerprint density at radius 3 is 2.56 bits per heavy atom. The van der Waals surface area contributed by atoms with Crippen LogP contribution in [0.15, 0.2) is 0 Å². The maximum Gasteiger partial charge on any atom is 0.0307 e. The standard InChI is InChI=1S/C7H15ClS/c1-7(8)5-3-4-6-9-2/h7H,3-6H2,1-2H3. The smallest absolute Gasteiger partial charge is 0.0307 e. The minimum atomic E-state index is 0.367. The fourth-order valence-corrected chi connectivity index (χ4v) is 1.32. The van der Waals surface area contributed by atoms with Crippen LogP contribution in [0.1, 0.15) is 26.2 Å². The van der Waals surface area contributed by atoms with Crippen LogP contribution in [0.5, 0.6) is 0 Å². The van der Waals surface area contributed by atoms with Gasteiger partial charge in [-0.05, 0) is 31.8 Å². The van der Waals surface area contributed by atoms with Crippen molar-refractivity contribution in [1.29, 1.82) is 0 Å². The van der Waals surface area contributed by atoms with Crippen molar-refractivity contribution in [2.45, 2.75) is 31.6 Å². The Labute approximate surface area is 67.4 Å². The summed E-state index contributed by atoms with van der Waals surface area (Å²) in [7, 11) is 0. The average molecular weight is 167 g/mol. The fourth-order valence-electron chi connectivity index (χ4n) is 0.672. The van der Waals surface area contributed by atoms with Crippen LogP contribution in [0.3, 0.4) is 0 Å². The van der Waals surface area contributed by atoms with Crippen molar-refractivity contribution in [3.05, 3.63) is 0 Å². The second kappa shape index (κ2) is 6.76. The Morgan fingerprint density at radius 1 is 1.44 bits per heavy atom. The van der Waals surface area contributed by atoms with Gasteiger partial charge < -0.3 is 0 Å². The fraction of sp³-hybridized carbons (Fsp3) is 1.00. The minimum absolute atomic E-state index is 0.367. The molecule has 0 aliphatic rings. The van der Waals surface area contributed by atoms with Gasteiger partial charge in [-0.2, -0.15) is 11.8 Å². The average Bonchev–Trinajstić information content (AvgIpc) is 1.80. The molecule has 0 radical (unpaired) electrons. The molecule has 1 atom stereocenters. The molecule has 0 spiro atoms. The van der Waals surface area contributed by atoms with Crippen molar-refractivity contribution in [2.24, 2.45) is 0 Å². The third-order valence-electron chi connectivity index (χ3n) is 1.20. The third-order valence-corrected chi connectivity index (χ3v) is 2.12. The van der Waals surface area contributed by atoms with E-state index in [0.717, 1.165) is 0 Å². The number of hydrogen-bond donors (Lipinski definition) is 0. The molecule has 0 aliphatic heterocycles. The molecule has 0 amide bonds. The first-order valence-electron chi connectivity index (χ1n) is 3.40. The predicted octanol–water partition coefficient (Wildman–Crippen LogP) is 3.15. The van der Waals surface area contributed by atoms with Gasteiger partial charge in [-0.1, -0.05) is 6.42 Å². The molecule has 2 heteroatoms. The summed E-state index contributed by atoms with van der Waals surface area (Å²) >= 11 is 7.66. The van der Waals surface area contributed by atoms with E-state index in [1.54, 1.807) is 0 Å². The molecule has 0 aromatic heterocycles. The zero-order chi connectivity index (χ0) is 7.11. The van der Waals surface area contributed by atoms with Gasteiger partial charge in [0.1, 0.15) is 0 Å². The van der Waals surface area contributed by atoms with Crippen LogP contribution in [0, 0.1) is 0 Å². The molecule has 0 aromatic rings. The highest BCUT2D eigenvalue weighted by molar-refractivity contribution is 7.98. The molecule has 0 fully saturated rings. The van der Waals surface area contributed by atoms with Gasteiger partial charge in [0.25, 0.3) is 0 Å². The summed E-state index contributed by atoms with van der Waals surface area (Å²) in [6, 6.07) is 0. The highest BCUT2D eigenvalue weighted by Crippen LogP contribution is 2.08. The highest BCUT2D eigenvalue weighted by atomic mass is 35.5. The van der Waals surface area contributed by atoms with E-state index in [1.165, 1.54) is 25.0 Å². The maximum atomic E-state index is 5.75. The molecule has 1 unspecified atom stereocenters. The first kappa shape index (κ1) is 9.64. The molecule has 9 heavy (non-hydrogen) atoms. The van der Waals surface area contributed by atoms with Crippen LogP contribution >= 0.6 is 23.4 Å². The number of rotatable bonds is 5. The van der Waals surface area contributed by atoms with E-state index < -0.39 is 0 Å². The lowest BCUT2D eigenvalue weighted by Gasteiger charge is -1.99. The van der Waals surface area contributed by atoms with Crippen molar-refractivity contribution in [3.8, 4) is 0 Å². The van der Waals surface area contributed by atoms with Crippen molar-refractivity contribution < 1.29 is 0 Å². The van der Waals surface area contributed by atoms with Crippen molar-refractivity contribution in [1.82, 2.24) is 0 Å². The Kier molecular flexibility index (Phi) is 7.24. The van der Waals surface area contributed by atoms with Crippen molar-refractivity contribution in [3.63, 3.8) is 0 Å². The first-order chi connectivity index (χ1) is 4.27. The predicted molar refractivity (Wildman–Crippen MR) is 47.5 cm³/mol. The Bertz CT molecular complexity index is 54.9. The lowest BCUT2D eigenvalue weighted by Crippen LogP contribution is -1.90. The summed E-state index contributed by atoms with van der Waals surface area (Å²) in [4.78, 5) is 0. The quantitative estimate of drug-likeness (QED) is 0.447. The van der Waals surface area contributed by atoms with Gasteiger partial charge in [0, 0.05) is 5.38 Å².